The Balaban J connectivity index is 1.01. The van der Waals surface area contributed by atoms with E-state index >= 15 is 0 Å². The molecule has 0 unspecified atom stereocenters. The summed E-state index contributed by atoms with van der Waals surface area (Å²) in [7, 11) is 0. The van der Waals surface area contributed by atoms with Crippen molar-refractivity contribution in [2.45, 2.75) is 5.41 Å². The van der Waals surface area contributed by atoms with Crippen molar-refractivity contribution in [3.05, 3.63) is 235 Å². The molecule has 0 atom stereocenters. The van der Waals surface area contributed by atoms with Gasteiger partial charge in [-0.05, 0) is 106 Å². The van der Waals surface area contributed by atoms with Gasteiger partial charge in [-0.15, -0.1) is 0 Å². The van der Waals surface area contributed by atoms with E-state index in [1.165, 1.54) is 88.0 Å². The minimum Gasteiger partial charge on any atom is -0.208 e. The van der Waals surface area contributed by atoms with E-state index in [1.807, 2.05) is 36.4 Å². The van der Waals surface area contributed by atoms with Gasteiger partial charge in [-0.1, -0.05) is 194 Å². The maximum Gasteiger partial charge on any atom is 0.164 e. The highest BCUT2D eigenvalue weighted by molar-refractivity contribution is 6.26. The van der Waals surface area contributed by atoms with Crippen LogP contribution in [0.15, 0.2) is 212 Å². The van der Waals surface area contributed by atoms with Crippen molar-refractivity contribution >= 4 is 32.3 Å². The summed E-state index contributed by atoms with van der Waals surface area (Å²) in [5.41, 5.74) is 15.5. The van der Waals surface area contributed by atoms with Crippen LogP contribution in [0, 0.1) is 0 Å². The molecule has 1 aromatic heterocycles. The third-order valence-corrected chi connectivity index (χ3v) is 13.1. The molecule has 0 saturated heterocycles. The smallest absolute Gasteiger partial charge is 0.164 e. The molecule has 10 aromatic carbocycles. The van der Waals surface area contributed by atoms with Gasteiger partial charge in [0.15, 0.2) is 17.5 Å². The normalized spacial score (nSPS) is 13.0. The predicted octanol–water partition coefficient (Wildman–Crippen LogP) is 14.3. The van der Waals surface area contributed by atoms with Crippen LogP contribution in [-0.2, 0) is 5.41 Å². The van der Waals surface area contributed by atoms with Crippen molar-refractivity contribution in [2.75, 3.05) is 0 Å². The first-order valence-corrected chi connectivity index (χ1v) is 20.9. The molecule has 13 rings (SSSR count). The zero-order chi connectivity index (χ0) is 40.1. The number of aromatic nitrogens is 3. The Morgan fingerprint density at radius 2 is 0.590 bits per heavy atom. The third-order valence-electron chi connectivity index (χ3n) is 13.1. The quantitative estimate of drug-likeness (QED) is 0.167. The summed E-state index contributed by atoms with van der Waals surface area (Å²) in [6.45, 7) is 0. The van der Waals surface area contributed by atoms with Crippen LogP contribution < -0.4 is 0 Å². The van der Waals surface area contributed by atoms with Crippen LogP contribution in [0.25, 0.3) is 99.9 Å². The predicted molar refractivity (Wildman–Crippen MR) is 250 cm³/mol. The van der Waals surface area contributed by atoms with E-state index in [2.05, 4.69) is 176 Å². The zero-order valence-corrected chi connectivity index (χ0v) is 33.0. The molecule has 11 aromatic rings. The van der Waals surface area contributed by atoms with Crippen LogP contribution in [0.4, 0.5) is 0 Å². The average Bonchev–Trinajstić information content (AvgIpc) is 3.81. The standard InChI is InChI=1S/C58H35N3/c1-3-15-36(16-4-1)55-59-56(37-17-5-2-6-18-37)61-57(60-55)40-29-31-43-41-19-7-8-20-42(41)49-33-38(27-30-44(49)50(43)34-40)39-28-32-48-47-23-11-14-26-53(47)58(54(48)35-39)51-24-12-9-21-45(51)46-22-10-13-25-52(46)58/h1-35H. The first-order valence-electron chi connectivity index (χ1n) is 20.9. The number of hydrogen-bond donors (Lipinski definition) is 0. The summed E-state index contributed by atoms with van der Waals surface area (Å²) < 4.78 is 0. The van der Waals surface area contributed by atoms with Gasteiger partial charge < -0.3 is 0 Å². The molecule has 0 N–H and O–H groups in total. The molecule has 0 amide bonds. The van der Waals surface area contributed by atoms with Crippen LogP contribution in [0.2, 0.25) is 0 Å². The molecule has 61 heavy (non-hydrogen) atoms. The molecule has 1 heterocycles. The van der Waals surface area contributed by atoms with Crippen LogP contribution in [0.3, 0.4) is 0 Å². The molecule has 0 radical (unpaired) electrons. The molecule has 0 bridgehead atoms. The fraction of sp³-hybridized carbons (Fsp3) is 0.0172. The van der Waals surface area contributed by atoms with Gasteiger partial charge in [-0.3, -0.25) is 0 Å². The lowest BCUT2D eigenvalue weighted by Crippen LogP contribution is -2.25. The second-order valence-electron chi connectivity index (χ2n) is 16.3. The molecule has 0 fully saturated rings. The minimum absolute atomic E-state index is 0.388. The van der Waals surface area contributed by atoms with Gasteiger partial charge in [0.25, 0.3) is 0 Å². The van der Waals surface area contributed by atoms with E-state index in [1.54, 1.807) is 0 Å². The van der Waals surface area contributed by atoms with Gasteiger partial charge in [0.1, 0.15) is 0 Å². The van der Waals surface area contributed by atoms with Crippen LogP contribution in [0.5, 0.6) is 0 Å². The van der Waals surface area contributed by atoms with E-state index < -0.39 is 0 Å². The van der Waals surface area contributed by atoms with E-state index in [-0.39, 0.29) is 5.41 Å². The fourth-order valence-corrected chi connectivity index (χ4v) is 10.5. The Morgan fingerprint density at radius 1 is 0.230 bits per heavy atom. The van der Waals surface area contributed by atoms with E-state index in [9.17, 15) is 0 Å². The number of hydrogen-bond acceptors (Lipinski definition) is 3. The SMILES string of the molecule is c1ccc(-c2nc(-c3ccccc3)nc(-c3ccc4c5ccccc5c5cc(-c6ccc7c(c6)C6(c8ccccc8-c8ccccc86)c6ccccc6-7)ccc5c4c3)n2)cc1. The van der Waals surface area contributed by atoms with Gasteiger partial charge in [0.2, 0.25) is 0 Å². The summed E-state index contributed by atoms with van der Waals surface area (Å²) in [5.74, 6) is 1.96. The van der Waals surface area contributed by atoms with E-state index in [0.717, 1.165) is 16.7 Å². The molecular formula is C58H35N3. The maximum absolute atomic E-state index is 5.08. The van der Waals surface area contributed by atoms with Crippen molar-refractivity contribution in [1.82, 2.24) is 15.0 Å². The average molecular weight is 774 g/mol. The van der Waals surface area contributed by atoms with Crippen LogP contribution in [-0.4, -0.2) is 15.0 Å². The number of nitrogens with zero attached hydrogens (tertiary/aromatic N) is 3. The van der Waals surface area contributed by atoms with Crippen molar-refractivity contribution in [2.24, 2.45) is 0 Å². The molecule has 2 aliphatic rings. The monoisotopic (exact) mass is 773 g/mol. The second-order valence-corrected chi connectivity index (χ2v) is 16.3. The van der Waals surface area contributed by atoms with E-state index in [0.29, 0.717) is 17.5 Å². The molecule has 3 heteroatoms. The van der Waals surface area contributed by atoms with Gasteiger partial charge in [0, 0.05) is 16.7 Å². The summed E-state index contributed by atoms with van der Waals surface area (Å²) >= 11 is 0. The highest BCUT2D eigenvalue weighted by Crippen LogP contribution is 2.63. The van der Waals surface area contributed by atoms with Crippen LogP contribution in [0.1, 0.15) is 22.3 Å². The molecule has 0 aliphatic heterocycles. The van der Waals surface area contributed by atoms with E-state index in [4.69, 9.17) is 15.0 Å². The summed E-state index contributed by atoms with van der Waals surface area (Å²) in [4.78, 5) is 15.1. The highest BCUT2D eigenvalue weighted by atomic mass is 15.0. The third kappa shape index (κ3) is 4.89. The lowest BCUT2D eigenvalue weighted by molar-refractivity contribution is 0.794. The first-order chi connectivity index (χ1) is 30.2. The minimum atomic E-state index is -0.388. The Kier molecular flexibility index (Phi) is 7.22. The lowest BCUT2D eigenvalue weighted by atomic mass is 9.70. The summed E-state index contributed by atoms with van der Waals surface area (Å²) in [6, 6.07) is 77.0. The number of benzene rings is 10. The van der Waals surface area contributed by atoms with Gasteiger partial charge in [0.05, 0.1) is 5.41 Å². The number of rotatable bonds is 4. The Labute approximate surface area is 353 Å². The molecular weight excluding hydrogens is 739 g/mol. The highest BCUT2D eigenvalue weighted by Gasteiger charge is 2.51. The lowest BCUT2D eigenvalue weighted by Gasteiger charge is -2.30. The molecule has 282 valence electrons. The van der Waals surface area contributed by atoms with Gasteiger partial charge in [-0.2, -0.15) is 0 Å². The van der Waals surface area contributed by atoms with Gasteiger partial charge in [-0.25, -0.2) is 15.0 Å². The fourth-order valence-electron chi connectivity index (χ4n) is 10.5. The Morgan fingerprint density at radius 3 is 1.15 bits per heavy atom. The largest absolute Gasteiger partial charge is 0.208 e. The molecule has 2 aliphatic carbocycles. The molecule has 3 nitrogen and oxygen atoms in total. The summed E-state index contributed by atoms with van der Waals surface area (Å²) in [6.07, 6.45) is 0. The second kappa shape index (κ2) is 13.0. The zero-order valence-electron chi connectivity index (χ0n) is 33.0. The first kappa shape index (κ1) is 33.9. The van der Waals surface area contributed by atoms with Crippen LogP contribution >= 0.6 is 0 Å². The van der Waals surface area contributed by atoms with Crippen molar-refractivity contribution in [3.63, 3.8) is 0 Å². The topological polar surface area (TPSA) is 38.7 Å². The van der Waals surface area contributed by atoms with Crippen molar-refractivity contribution < 1.29 is 0 Å². The van der Waals surface area contributed by atoms with Crippen molar-refractivity contribution in [3.8, 4) is 67.5 Å². The molecule has 0 saturated carbocycles. The van der Waals surface area contributed by atoms with Crippen molar-refractivity contribution in [1.29, 1.82) is 0 Å². The van der Waals surface area contributed by atoms with Gasteiger partial charge >= 0.3 is 0 Å². The Bertz CT molecular complexity index is 3470. The maximum atomic E-state index is 5.08. The molecule has 1 spiro atoms. The Hall–Kier alpha value is -8.01. The summed E-state index contributed by atoms with van der Waals surface area (Å²) in [5, 5.41) is 7.25. The number of fused-ring (bicyclic) bond motifs is 16.